The van der Waals surface area contributed by atoms with Crippen LogP contribution in [-0.2, 0) is 0 Å². The molecule has 0 saturated heterocycles. The average molecular weight is 511 g/mol. The molecule has 0 unspecified atom stereocenters. The molecule has 0 aliphatic rings. The van der Waals surface area contributed by atoms with Gasteiger partial charge in [0.05, 0.1) is 13.2 Å². The normalized spacial score (nSPS) is 11.1. The second-order valence-corrected chi connectivity index (χ2v) is 10.6. The van der Waals surface area contributed by atoms with Gasteiger partial charge in [-0.15, -0.1) is 0 Å². The van der Waals surface area contributed by atoms with Gasteiger partial charge in [-0.25, -0.2) is 4.39 Å². The van der Waals surface area contributed by atoms with Crippen LogP contribution in [0.2, 0.25) is 0 Å². The van der Waals surface area contributed by atoms with Crippen LogP contribution in [0.25, 0.3) is 21.6 Å². The van der Waals surface area contributed by atoms with Crippen LogP contribution < -0.4 is 9.47 Å². The Hall–Kier alpha value is -2.33. The molecule has 0 atom stereocenters. The van der Waals surface area contributed by atoms with E-state index >= 15 is 0 Å². The van der Waals surface area contributed by atoms with E-state index < -0.39 is 0 Å². The van der Waals surface area contributed by atoms with Crippen LogP contribution in [0.1, 0.15) is 90.9 Å². The first-order valence-electron chi connectivity index (χ1n) is 14.0. The molecule has 0 aliphatic carbocycles. The molecule has 0 radical (unpaired) electrons. The van der Waals surface area contributed by atoms with Crippen LogP contribution in [0, 0.1) is 5.82 Å². The Kier molecular flexibility index (Phi) is 12.9. The molecular formula is C32H43FO2S. The maximum absolute atomic E-state index is 15.0. The molecule has 0 spiro atoms. The van der Waals surface area contributed by atoms with Gasteiger partial charge in [-0.3, -0.25) is 0 Å². The molecule has 0 bridgehead atoms. The van der Waals surface area contributed by atoms with Crippen LogP contribution in [0.5, 0.6) is 10.8 Å². The van der Waals surface area contributed by atoms with E-state index in [0.29, 0.717) is 5.56 Å². The number of halogens is 1. The molecule has 3 aromatic rings. The third kappa shape index (κ3) is 9.61. The summed E-state index contributed by atoms with van der Waals surface area (Å²) in [7, 11) is 0. The zero-order chi connectivity index (χ0) is 25.4. The Labute approximate surface area is 221 Å². The van der Waals surface area contributed by atoms with Gasteiger partial charge in [-0.1, -0.05) is 114 Å². The van der Waals surface area contributed by atoms with E-state index in [1.54, 1.807) is 17.4 Å². The molecule has 0 amide bonds. The lowest BCUT2D eigenvalue weighted by atomic mass is 10.0. The second-order valence-electron chi connectivity index (χ2n) is 9.57. The van der Waals surface area contributed by atoms with E-state index in [-0.39, 0.29) is 5.82 Å². The highest BCUT2D eigenvalue weighted by Gasteiger charge is 2.10. The van der Waals surface area contributed by atoms with E-state index in [9.17, 15) is 4.39 Å². The van der Waals surface area contributed by atoms with E-state index in [1.807, 2.05) is 48.5 Å². The van der Waals surface area contributed by atoms with Gasteiger partial charge in [-0.2, -0.15) is 0 Å². The number of thiophene rings is 1. The highest BCUT2D eigenvalue weighted by Crippen LogP contribution is 2.35. The van der Waals surface area contributed by atoms with Crippen LogP contribution in [-0.4, -0.2) is 13.2 Å². The number of benzene rings is 2. The summed E-state index contributed by atoms with van der Waals surface area (Å²) in [6.45, 7) is 5.88. The van der Waals surface area contributed by atoms with E-state index in [2.05, 4.69) is 13.8 Å². The molecule has 196 valence electrons. The summed E-state index contributed by atoms with van der Waals surface area (Å²) in [5.41, 5.74) is 2.35. The Bertz CT molecular complexity index is 996. The van der Waals surface area contributed by atoms with E-state index in [1.165, 1.54) is 57.8 Å². The topological polar surface area (TPSA) is 18.5 Å². The monoisotopic (exact) mass is 510 g/mol. The summed E-state index contributed by atoms with van der Waals surface area (Å²) in [5.74, 6) is 0.634. The van der Waals surface area contributed by atoms with Crippen molar-refractivity contribution in [1.82, 2.24) is 0 Å². The number of hydrogen-bond donors (Lipinski definition) is 0. The van der Waals surface area contributed by atoms with Crippen molar-refractivity contribution in [1.29, 1.82) is 0 Å². The molecule has 0 N–H and O–H groups in total. The minimum Gasteiger partial charge on any atom is -0.494 e. The molecule has 2 aromatic carbocycles. The average Bonchev–Trinajstić information content (AvgIpc) is 3.37. The van der Waals surface area contributed by atoms with E-state index in [4.69, 9.17) is 9.47 Å². The SMILES string of the molecule is CCCCCCCCCCCCOc1ccc(-c2ccc(-c3ccc(OCCCC)s3)cc2F)cc1. The minimum atomic E-state index is -0.214. The molecule has 1 heterocycles. The lowest BCUT2D eigenvalue weighted by molar-refractivity contribution is 0.304. The van der Waals surface area contributed by atoms with Crippen molar-refractivity contribution in [3.8, 4) is 32.4 Å². The Morgan fingerprint density at radius 3 is 1.89 bits per heavy atom. The number of ether oxygens (including phenoxy) is 2. The quantitative estimate of drug-likeness (QED) is 0.158. The largest absolute Gasteiger partial charge is 0.494 e. The predicted octanol–water partition coefficient (Wildman–Crippen LogP) is 10.7. The second kappa shape index (κ2) is 16.4. The first kappa shape index (κ1) is 28.2. The van der Waals surface area contributed by atoms with Crippen LogP contribution in [0.4, 0.5) is 4.39 Å². The van der Waals surface area contributed by atoms with Crippen molar-refractivity contribution >= 4 is 11.3 Å². The third-order valence-electron chi connectivity index (χ3n) is 6.51. The van der Waals surface area contributed by atoms with Crippen molar-refractivity contribution in [2.75, 3.05) is 13.2 Å². The first-order valence-corrected chi connectivity index (χ1v) is 14.8. The van der Waals surface area contributed by atoms with Gasteiger partial charge in [0.1, 0.15) is 11.6 Å². The van der Waals surface area contributed by atoms with Crippen molar-refractivity contribution in [2.45, 2.75) is 90.9 Å². The van der Waals surface area contributed by atoms with Gasteiger partial charge < -0.3 is 9.47 Å². The van der Waals surface area contributed by atoms with Crippen LogP contribution in [0.3, 0.4) is 0 Å². The lowest BCUT2D eigenvalue weighted by Crippen LogP contribution is -1.97. The van der Waals surface area contributed by atoms with Gasteiger partial charge in [0, 0.05) is 10.4 Å². The van der Waals surface area contributed by atoms with Crippen molar-refractivity contribution < 1.29 is 13.9 Å². The zero-order valence-corrected chi connectivity index (χ0v) is 23.0. The Balaban J connectivity index is 1.40. The van der Waals surface area contributed by atoms with Gasteiger partial charge in [0.15, 0.2) is 5.06 Å². The van der Waals surface area contributed by atoms with Gasteiger partial charge in [-0.05, 0) is 54.3 Å². The molecular weight excluding hydrogens is 467 g/mol. The summed E-state index contributed by atoms with van der Waals surface area (Å²) in [6.07, 6.45) is 15.3. The number of hydrogen-bond acceptors (Lipinski definition) is 3. The van der Waals surface area contributed by atoms with Crippen molar-refractivity contribution in [2.24, 2.45) is 0 Å². The number of unbranched alkanes of at least 4 members (excludes halogenated alkanes) is 10. The molecule has 1 aromatic heterocycles. The van der Waals surface area contributed by atoms with Gasteiger partial charge in [0.25, 0.3) is 0 Å². The maximum Gasteiger partial charge on any atom is 0.174 e. The lowest BCUT2D eigenvalue weighted by Gasteiger charge is -2.09. The first-order chi connectivity index (χ1) is 17.7. The van der Waals surface area contributed by atoms with Gasteiger partial charge >= 0.3 is 0 Å². The summed E-state index contributed by atoms with van der Waals surface area (Å²) in [6, 6.07) is 17.2. The zero-order valence-electron chi connectivity index (χ0n) is 22.2. The fraction of sp³-hybridized carbons (Fsp3) is 0.500. The van der Waals surface area contributed by atoms with Crippen LogP contribution in [0.15, 0.2) is 54.6 Å². The maximum atomic E-state index is 15.0. The summed E-state index contributed by atoms with van der Waals surface area (Å²) in [5, 5.41) is 0.885. The smallest absolute Gasteiger partial charge is 0.174 e. The Morgan fingerprint density at radius 1 is 0.611 bits per heavy atom. The molecule has 3 rings (SSSR count). The summed E-state index contributed by atoms with van der Waals surface area (Å²) < 4.78 is 26.6. The molecule has 0 aliphatic heterocycles. The molecule has 4 heteroatoms. The predicted molar refractivity (Wildman–Crippen MR) is 153 cm³/mol. The fourth-order valence-corrected chi connectivity index (χ4v) is 5.16. The third-order valence-corrected chi connectivity index (χ3v) is 7.56. The summed E-state index contributed by atoms with van der Waals surface area (Å²) >= 11 is 1.56. The van der Waals surface area contributed by atoms with Crippen molar-refractivity contribution in [3.63, 3.8) is 0 Å². The molecule has 36 heavy (non-hydrogen) atoms. The van der Waals surface area contributed by atoms with Crippen LogP contribution >= 0.6 is 11.3 Å². The van der Waals surface area contributed by atoms with E-state index in [0.717, 1.165) is 59.3 Å². The molecule has 2 nitrogen and oxygen atoms in total. The highest BCUT2D eigenvalue weighted by atomic mass is 32.1. The minimum absolute atomic E-state index is 0.214. The molecule has 0 saturated carbocycles. The number of rotatable bonds is 18. The van der Waals surface area contributed by atoms with Crippen molar-refractivity contribution in [3.05, 3.63) is 60.4 Å². The van der Waals surface area contributed by atoms with Gasteiger partial charge in [0.2, 0.25) is 0 Å². The summed E-state index contributed by atoms with van der Waals surface area (Å²) in [4.78, 5) is 1.02. The fourth-order valence-electron chi connectivity index (χ4n) is 4.28. The Morgan fingerprint density at radius 2 is 1.22 bits per heavy atom. The standard InChI is InChI=1S/C32H43FO2S/c1-3-5-7-8-9-10-11-12-13-14-24-34-28-18-15-26(16-19-28)29-20-17-27(25-30(29)33)31-21-22-32(36-31)35-23-6-4-2/h15-22,25H,3-14,23-24H2,1-2H3. The molecule has 0 fully saturated rings. The highest BCUT2D eigenvalue weighted by molar-refractivity contribution is 7.17.